The molecule has 2 N–H and O–H groups in total. The third kappa shape index (κ3) is 1.69. The van der Waals surface area contributed by atoms with E-state index >= 15 is 0 Å². The van der Waals surface area contributed by atoms with Crippen LogP contribution in [0.3, 0.4) is 0 Å². The van der Waals surface area contributed by atoms with Gasteiger partial charge in [-0.05, 0) is 20.3 Å². The Kier molecular flexibility index (Phi) is 2.26. The Labute approximate surface area is 82.6 Å². The van der Waals surface area contributed by atoms with E-state index in [0.717, 1.165) is 24.6 Å². The second kappa shape index (κ2) is 3.27. The predicted molar refractivity (Wildman–Crippen MR) is 55.8 cm³/mol. The zero-order chi connectivity index (χ0) is 9.42. The lowest BCUT2D eigenvalue weighted by atomic mass is 10.1. The zero-order valence-corrected chi connectivity index (χ0v) is 8.90. The average molecular weight is 197 g/mol. The normalized spacial score (nSPS) is 17.8. The number of nitrogens with zero attached hydrogens (tertiary/aromatic N) is 2. The molecule has 1 aromatic rings. The van der Waals surface area contributed by atoms with Gasteiger partial charge in [-0.25, -0.2) is 4.98 Å². The van der Waals surface area contributed by atoms with Crippen LogP contribution < -0.4 is 5.73 Å². The first kappa shape index (κ1) is 8.97. The van der Waals surface area contributed by atoms with E-state index in [-0.39, 0.29) is 0 Å². The van der Waals surface area contributed by atoms with Gasteiger partial charge in [-0.15, -0.1) is 11.3 Å². The molecule has 13 heavy (non-hydrogen) atoms. The summed E-state index contributed by atoms with van der Waals surface area (Å²) in [5.41, 5.74) is 6.87. The molecule has 1 aliphatic heterocycles. The smallest absolute Gasteiger partial charge is 0.180 e. The van der Waals surface area contributed by atoms with E-state index in [2.05, 4.69) is 23.7 Å². The molecule has 0 aromatic carbocycles. The summed E-state index contributed by atoms with van der Waals surface area (Å²) in [7, 11) is 0. The second-order valence-electron chi connectivity index (χ2n) is 3.74. The summed E-state index contributed by atoms with van der Waals surface area (Å²) in [4.78, 5) is 8.15. The summed E-state index contributed by atoms with van der Waals surface area (Å²) < 4.78 is 0. The van der Waals surface area contributed by atoms with E-state index in [1.807, 2.05) is 0 Å². The number of hydrogen-bond acceptors (Lipinski definition) is 4. The van der Waals surface area contributed by atoms with E-state index < -0.39 is 0 Å². The van der Waals surface area contributed by atoms with Crippen LogP contribution in [-0.2, 0) is 13.0 Å². The molecule has 0 atom stereocenters. The summed E-state index contributed by atoms with van der Waals surface area (Å²) in [6, 6.07) is 0.607. The van der Waals surface area contributed by atoms with Crippen molar-refractivity contribution in [3.05, 3.63) is 10.6 Å². The first-order valence-electron chi connectivity index (χ1n) is 4.65. The largest absolute Gasteiger partial charge is 0.375 e. The fraction of sp³-hybridized carbons (Fsp3) is 0.667. The van der Waals surface area contributed by atoms with Crippen molar-refractivity contribution < 1.29 is 0 Å². The van der Waals surface area contributed by atoms with E-state index in [4.69, 9.17) is 5.73 Å². The van der Waals surface area contributed by atoms with E-state index in [1.165, 1.54) is 10.6 Å². The van der Waals surface area contributed by atoms with Crippen molar-refractivity contribution in [2.45, 2.75) is 32.9 Å². The van der Waals surface area contributed by atoms with Gasteiger partial charge in [0.25, 0.3) is 0 Å². The number of fused-ring (bicyclic) bond motifs is 1. The lowest BCUT2D eigenvalue weighted by Crippen LogP contribution is -2.35. The number of nitrogens with two attached hydrogens (primary N) is 1. The fourth-order valence-corrected chi connectivity index (χ4v) is 2.51. The quantitative estimate of drug-likeness (QED) is 0.741. The van der Waals surface area contributed by atoms with Crippen LogP contribution in [0.25, 0.3) is 0 Å². The standard InChI is InChI=1S/C9H15N3S/c1-6(2)12-4-3-8-7(5-12)11-9(10)13-8/h6H,3-5H2,1-2H3,(H2,10,11). The first-order valence-corrected chi connectivity index (χ1v) is 5.46. The van der Waals surface area contributed by atoms with Gasteiger partial charge in [0, 0.05) is 24.0 Å². The molecule has 0 fully saturated rings. The summed E-state index contributed by atoms with van der Waals surface area (Å²) in [5, 5.41) is 0.718. The third-order valence-electron chi connectivity index (χ3n) is 2.50. The second-order valence-corrected chi connectivity index (χ2v) is 4.85. The third-order valence-corrected chi connectivity index (χ3v) is 3.49. The van der Waals surface area contributed by atoms with Gasteiger partial charge in [0.1, 0.15) is 0 Å². The number of anilines is 1. The molecular weight excluding hydrogens is 182 g/mol. The maximum atomic E-state index is 5.67. The Morgan fingerprint density at radius 3 is 3.00 bits per heavy atom. The van der Waals surface area contributed by atoms with Gasteiger partial charge >= 0.3 is 0 Å². The van der Waals surface area contributed by atoms with Crippen LogP contribution in [-0.4, -0.2) is 22.5 Å². The number of nitrogen functional groups attached to an aromatic ring is 1. The summed E-state index contributed by atoms with van der Waals surface area (Å²) in [5.74, 6) is 0. The Bertz CT molecular complexity index is 306. The highest BCUT2D eigenvalue weighted by Crippen LogP contribution is 2.26. The van der Waals surface area contributed by atoms with Gasteiger partial charge < -0.3 is 5.73 Å². The molecule has 0 saturated carbocycles. The lowest BCUT2D eigenvalue weighted by Gasteiger charge is -2.29. The predicted octanol–water partition coefficient (Wildman–Crippen LogP) is 1.49. The van der Waals surface area contributed by atoms with Crippen molar-refractivity contribution in [2.24, 2.45) is 0 Å². The molecule has 4 heteroatoms. The van der Waals surface area contributed by atoms with Crippen LogP contribution in [0.2, 0.25) is 0 Å². The van der Waals surface area contributed by atoms with Crippen LogP contribution in [0.15, 0.2) is 0 Å². The highest BCUT2D eigenvalue weighted by Gasteiger charge is 2.21. The van der Waals surface area contributed by atoms with Gasteiger partial charge in [0.05, 0.1) is 5.69 Å². The van der Waals surface area contributed by atoms with Crippen LogP contribution >= 0.6 is 11.3 Å². The minimum absolute atomic E-state index is 0.607. The molecule has 1 aliphatic rings. The lowest BCUT2D eigenvalue weighted by molar-refractivity contribution is 0.202. The Balaban J connectivity index is 2.19. The van der Waals surface area contributed by atoms with Crippen LogP contribution in [0.4, 0.5) is 5.13 Å². The van der Waals surface area contributed by atoms with Gasteiger partial charge in [-0.2, -0.15) is 0 Å². The van der Waals surface area contributed by atoms with Gasteiger partial charge in [-0.1, -0.05) is 0 Å². The van der Waals surface area contributed by atoms with E-state index in [0.29, 0.717) is 6.04 Å². The molecule has 0 spiro atoms. The van der Waals surface area contributed by atoms with Gasteiger partial charge in [0.2, 0.25) is 0 Å². The molecular formula is C9H15N3S. The van der Waals surface area contributed by atoms with Gasteiger partial charge in [0.15, 0.2) is 5.13 Å². The molecule has 72 valence electrons. The minimum Gasteiger partial charge on any atom is -0.375 e. The monoisotopic (exact) mass is 197 g/mol. The molecule has 0 aliphatic carbocycles. The van der Waals surface area contributed by atoms with Crippen LogP contribution in [0, 0.1) is 0 Å². The number of thiazole rings is 1. The summed E-state index contributed by atoms with van der Waals surface area (Å²) >= 11 is 1.64. The van der Waals surface area contributed by atoms with Crippen molar-refractivity contribution in [3.63, 3.8) is 0 Å². The molecule has 3 nitrogen and oxygen atoms in total. The molecule has 2 heterocycles. The van der Waals surface area contributed by atoms with Crippen molar-refractivity contribution in [3.8, 4) is 0 Å². The molecule has 0 radical (unpaired) electrons. The highest BCUT2D eigenvalue weighted by atomic mass is 32.1. The molecule has 0 bridgehead atoms. The fourth-order valence-electron chi connectivity index (χ4n) is 1.68. The molecule has 1 aromatic heterocycles. The SMILES string of the molecule is CC(C)N1CCc2sc(N)nc2C1. The summed E-state index contributed by atoms with van der Waals surface area (Å²) in [6.45, 7) is 6.56. The average Bonchev–Trinajstić information content (AvgIpc) is 2.42. The molecule has 0 unspecified atom stereocenters. The highest BCUT2D eigenvalue weighted by molar-refractivity contribution is 7.15. The van der Waals surface area contributed by atoms with Crippen molar-refractivity contribution in [2.75, 3.05) is 12.3 Å². The van der Waals surface area contributed by atoms with Crippen LogP contribution in [0.5, 0.6) is 0 Å². The van der Waals surface area contributed by atoms with E-state index in [1.54, 1.807) is 11.3 Å². The van der Waals surface area contributed by atoms with Crippen molar-refractivity contribution in [1.82, 2.24) is 9.88 Å². The number of aromatic nitrogens is 1. The van der Waals surface area contributed by atoms with E-state index in [9.17, 15) is 0 Å². The van der Waals surface area contributed by atoms with Crippen molar-refractivity contribution in [1.29, 1.82) is 0 Å². The number of hydrogen-bond donors (Lipinski definition) is 1. The molecule has 2 rings (SSSR count). The molecule has 0 saturated heterocycles. The zero-order valence-electron chi connectivity index (χ0n) is 8.08. The number of rotatable bonds is 1. The topological polar surface area (TPSA) is 42.1 Å². The Morgan fingerprint density at radius 2 is 2.31 bits per heavy atom. The van der Waals surface area contributed by atoms with Gasteiger partial charge in [-0.3, -0.25) is 4.90 Å². The Hall–Kier alpha value is -0.610. The first-order chi connectivity index (χ1) is 6.16. The minimum atomic E-state index is 0.607. The molecule has 0 amide bonds. The van der Waals surface area contributed by atoms with Crippen molar-refractivity contribution >= 4 is 16.5 Å². The maximum absolute atomic E-state index is 5.67. The Morgan fingerprint density at radius 1 is 1.54 bits per heavy atom. The summed E-state index contributed by atoms with van der Waals surface area (Å²) in [6.07, 6.45) is 1.11. The maximum Gasteiger partial charge on any atom is 0.180 e. The van der Waals surface area contributed by atoms with Crippen LogP contribution in [0.1, 0.15) is 24.4 Å².